The van der Waals surface area contributed by atoms with Crippen molar-refractivity contribution in [1.29, 1.82) is 0 Å². The molecule has 0 radical (unpaired) electrons. The first-order chi connectivity index (χ1) is 9.87. The standard InChI is InChI=1S/C16H26NO3P.Na/c1-12(2)15-10-9-13(3)11-16(15)20-21(18,19)17-14-7-5-4-6-8-14;/h4-8,12-13,15-16H,9-11H2,1-3H3,(H2,17,18,19);/q;+1/p-1. The zero-order valence-corrected chi connectivity index (χ0v) is 16.9. The molecular weight excluding hydrogens is 308 g/mol. The van der Waals surface area contributed by atoms with Gasteiger partial charge in [-0.15, -0.1) is 0 Å². The quantitative estimate of drug-likeness (QED) is 0.646. The maximum atomic E-state index is 12.2. The number of benzene rings is 1. The number of hydrogen-bond acceptors (Lipinski definition) is 3. The number of nitrogens with one attached hydrogen (secondary N) is 1. The molecule has 1 aromatic carbocycles. The van der Waals surface area contributed by atoms with E-state index in [1.807, 2.05) is 6.07 Å². The summed E-state index contributed by atoms with van der Waals surface area (Å²) >= 11 is 0. The van der Waals surface area contributed by atoms with Crippen molar-refractivity contribution in [3.05, 3.63) is 30.3 Å². The third kappa shape index (κ3) is 5.99. The Kier molecular flexibility index (Phi) is 8.15. The molecular formula is C16H25NNaO3P. The van der Waals surface area contributed by atoms with Crippen LogP contribution in [0.1, 0.15) is 40.0 Å². The molecule has 0 aliphatic heterocycles. The summed E-state index contributed by atoms with van der Waals surface area (Å²) in [5.74, 6) is 1.25. The summed E-state index contributed by atoms with van der Waals surface area (Å²) in [6, 6.07) is 8.87. The van der Waals surface area contributed by atoms with Crippen molar-refractivity contribution in [2.24, 2.45) is 17.8 Å². The van der Waals surface area contributed by atoms with Crippen molar-refractivity contribution in [2.45, 2.75) is 46.1 Å². The maximum absolute atomic E-state index is 12.2. The van der Waals surface area contributed by atoms with Gasteiger partial charge in [0.05, 0.1) is 6.10 Å². The van der Waals surface area contributed by atoms with Crippen LogP contribution in [0.4, 0.5) is 5.69 Å². The molecule has 6 heteroatoms. The molecule has 0 spiro atoms. The Morgan fingerprint density at radius 1 is 1.27 bits per heavy atom. The molecule has 1 saturated carbocycles. The van der Waals surface area contributed by atoms with Crippen molar-refractivity contribution < 1.29 is 43.5 Å². The predicted octanol–water partition coefficient (Wildman–Crippen LogP) is 1.05. The molecule has 2 rings (SSSR count). The minimum atomic E-state index is -4.09. The predicted molar refractivity (Wildman–Crippen MR) is 83.9 cm³/mol. The van der Waals surface area contributed by atoms with E-state index in [0.717, 1.165) is 19.3 Å². The Labute approximate surface area is 155 Å². The van der Waals surface area contributed by atoms with Crippen LogP contribution >= 0.6 is 7.75 Å². The van der Waals surface area contributed by atoms with E-state index < -0.39 is 7.75 Å². The van der Waals surface area contributed by atoms with Gasteiger partial charge < -0.3 is 14.5 Å². The summed E-state index contributed by atoms with van der Waals surface area (Å²) in [4.78, 5) is 12.2. The average Bonchev–Trinajstić information content (AvgIpc) is 2.38. The number of hydrogen-bond donors (Lipinski definition) is 1. The zero-order chi connectivity index (χ0) is 15.5. The summed E-state index contributed by atoms with van der Waals surface area (Å²) in [6.07, 6.45) is 2.78. The molecule has 1 aliphatic rings. The minimum Gasteiger partial charge on any atom is -0.762 e. The van der Waals surface area contributed by atoms with Gasteiger partial charge in [0.25, 0.3) is 0 Å². The first-order valence-electron chi connectivity index (χ1n) is 7.70. The van der Waals surface area contributed by atoms with Crippen LogP contribution in [-0.4, -0.2) is 6.10 Å². The van der Waals surface area contributed by atoms with Gasteiger partial charge in [0.15, 0.2) is 0 Å². The van der Waals surface area contributed by atoms with E-state index in [0.29, 0.717) is 23.4 Å². The van der Waals surface area contributed by atoms with Crippen LogP contribution in [0.5, 0.6) is 0 Å². The third-order valence-electron chi connectivity index (χ3n) is 4.28. The molecule has 0 saturated heterocycles. The van der Waals surface area contributed by atoms with Gasteiger partial charge in [-0.1, -0.05) is 45.4 Å². The van der Waals surface area contributed by atoms with E-state index >= 15 is 0 Å². The van der Waals surface area contributed by atoms with Crippen LogP contribution in [-0.2, 0) is 9.09 Å². The van der Waals surface area contributed by atoms with Gasteiger partial charge in [0.2, 0.25) is 7.75 Å². The van der Waals surface area contributed by atoms with E-state index in [1.165, 1.54) is 0 Å². The number of rotatable bonds is 5. The van der Waals surface area contributed by atoms with Gasteiger partial charge >= 0.3 is 29.6 Å². The van der Waals surface area contributed by atoms with Crippen molar-refractivity contribution in [3.63, 3.8) is 0 Å². The summed E-state index contributed by atoms with van der Waals surface area (Å²) in [5.41, 5.74) is 0.542. The van der Waals surface area contributed by atoms with Crippen LogP contribution in [0.25, 0.3) is 0 Å². The van der Waals surface area contributed by atoms with E-state index in [9.17, 15) is 9.46 Å². The molecule has 1 N–H and O–H groups in total. The number of anilines is 1. The van der Waals surface area contributed by atoms with Gasteiger partial charge in [0, 0.05) is 5.69 Å². The fourth-order valence-electron chi connectivity index (χ4n) is 3.11. The summed E-state index contributed by atoms with van der Waals surface area (Å²) in [7, 11) is -4.09. The van der Waals surface area contributed by atoms with E-state index in [2.05, 4.69) is 25.9 Å². The van der Waals surface area contributed by atoms with E-state index in [-0.39, 0.29) is 35.7 Å². The molecule has 0 aromatic heterocycles. The van der Waals surface area contributed by atoms with E-state index in [1.54, 1.807) is 24.3 Å². The Hall–Kier alpha value is 0.170. The maximum Gasteiger partial charge on any atom is 1.00 e. The normalized spacial score (nSPS) is 27.8. The molecule has 0 amide bonds. The molecule has 1 aromatic rings. The summed E-state index contributed by atoms with van der Waals surface area (Å²) in [6.45, 7) is 6.43. The molecule has 4 atom stereocenters. The second kappa shape index (κ2) is 8.86. The minimum absolute atomic E-state index is 0. The van der Waals surface area contributed by atoms with Crippen molar-refractivity contribution in [3.8, 4) is 0 Å². The Balaban J connectivity index is 0.00000242. The van der Waals surface area contributed by atoms with Crippen LogP contribution < -0.4 is 39.5 Å². The Bertz CT molecular complexity index is 497. The first kappa shape index (κ1) is 20.2. The molecule has 118 valence electrons. The van der Waals surface area contributed by atoms with Gasteiger partial charge in [-0.25, -0.2) is 0 Å². The van der Waals surface area contributed by atoms with Crippen LogP contribution in [0.15, 0.2) is 30.3 Å². The number of para-hydroxylation sites is 1. The van der Waals surface area contributed by atoms with E-state index in [4.69, 9.17) is 4.52 Å². The van der Waals surface area contributed by atoms with Crippen molar-refractivity contribution in [2.75, 3.05) is 5.09 Å². The molecule has 4 unspecified atom stereocenters. The Morgan fingerprint density at radius 3 is 2.50 bits per heavy atom. The summed E-state index contributed by atoms with van der Waals surface area (Å²) < 4.78 is 17.8. The second-order valence-electron chi connectivity index (χ2n) is 6.45. The zero-order valence-electron chi connectivity index (χ0n) is 14.0. The third-order valence-corrected chi connectivity index (χ3v) is 5.36. The monoisotopic (exact) mass is 333 g/mol. The topological polar surface area (TPSA) is 61.4 Å². The SMILES string of the molecule is CC1CCC(C(C)C)C(OP(=O)([O-])Nc2ccccc2)C1.[Na+]. The van der Waals surface area contributed by atoms with Crippen molar-refractivity contribution >= 4 is 13.4 Å². The summed E-state index contributed by atoms with van der Waals surface area (Å²) in [5, 5.41) is 2.52. The van der Waals surface area contributed by atoms with Crippen LogP contribution in [0.2, 0.25) is 0 Å². The van der Waals surface area contributed by atoms with Gasteiger partial charge in [0.1, 0.15) is 0 Å². The smallest absolute Gasteiger partial charge is 0.762 e. The molecule has 4 nitrogen and oxygen atoms in total. The first-order valence-corrected chi connectivity index (χ1v) is 9.24. The second-order valence-corrected chi connectivity index (χ2v) is 7.87. The molecule has 0 bridgehead atoms. The fourth-order valence-corrected chi connectivity index (χ4v) is 4.23. The average molecular weight is 333 g/mol. The largest absolute Gasteiger partial charge is 1.00 e. The van der Waals surface area contributed by atoms with Gasteiger partial charge in [-0.2, -0.15) is 0 Å². The molecule has 1 fully saturated rings. The Morgan fingerprint density at radius 2 is 1.91 bits per heavy atom. The van der Waals surface area contributed by atoms with Gasteiger partial charge in [-0.05, 0) is 42.7 Å². The van der Waals surface area contributed by atoms with Crippen LogP contribution in [0.3, 0.4) is 0 Å². The van der Waals surface area contributed by atoms with Crippen molar-refractivity contribution in [1.82, 2.24) is 0 Å². The fraction of sp³-hybridized carbons (Fsp3) is 0.625. The van der Waals surface area contributed by atoms with Crippen LogP contribution in [0, 0.1) is 17.8 Å². The molecule has 1 aliphatic carbocycles. The molecule has 22 heavy (non-hydrogen) atoms. The molecule has 0 heterocycles. The van der Waals surface area contributed by atoms with Gasteiger partial charge in [-0.3, -0.25) is 4.57 Å².